The molecule has 2 aliphatic rings. The smallest absolute Gasteiger partial charge is 0.265 e. The van der Waals surface area contributed by atoms with Crippen LogP contribution >= 0.6 is 22.7 Å². The van der Waals surface area contributed by atoms with Gasteiger partial charge in [-0.05, 0) is 62.1 Å². The molecule has 1 aliphatic heterocycles. The predicted molar refractivity (Wildman–Crippen MR) is 111 cm³/mol. The SMILES string of the molecule is CC(C)(C)NC(=O)C1c2sccc2-c2ccsc2C(=O)N1C1CCCCC1. The predicted octanol–water partition coefficient (Wildman–Crippen LogP) is 5.22. The Morgan fingerprint density at radius 2 is 1.74 bits per heavy atom. The zero-order chi connectivity index (χ0) is 19.2. The van der Waals surface area contributed by atoms with E-state index in [0.29, 0.717) is 0 Å². The van der Waals surface area contributed by atoms with E-state index in [1.807, 2.05) is 42.5 Å². The maximum Gasteiger partial charge on any atom is 0.265 e. The molecule has 1 fully saturated rings. The van der Waals surface area contributed by atoms with Crippen molar-refractivity contribution in [3.05, 3.63) is 32.6 Å². The van der Waals surface area contributed by atoms with Gasteiger partial charge in [0.05, 0.1) is 4.88 Å². The first kappa shape index (κ1) is 18.7. The van der Waals surface area contributed by atoms with E-state index in [1.165, 1.54) is 17.8 Å². The molecule has 144 valence electrons. The monoisotopic (exact) mass is 402 g/mol. The number of fused-ring (bicyclic) bond motifs is 3. The Balaban J connectivity index is 1.85. The highest BCUT2D eigenvalue weighted by Crippen LogP contribution is 2.45. The lowest BCUT2D eigenvalue weighted by atomic mass is 9.92. The zero-order valence-corrected chi connectivity index (χ0v) is 17.7. The van der Waals surface area contributed by atoms with Crippen molar-refractivity contribution in [1.29, 1.82) is 0 Å². The number of thiophene rings is 2. The molecule has 3 heterocycles. The molecule has 0 bridgehead atoms. The van der Waals surface area contributed by atoms with Crippen LogP contribution in [-0.4, -0.2) is 28.3 Å². The van der Waals surface area contributed by atoms with Gasteiger partial charge in [-0.3, -0.25) is 9.59 Å². The summed E-state index contributed by atoms with van der Waals surface area (Å²) in [6.45, 7) is 5.96. The molecule has 2 aromatic rings. The van der Waals surface area contributed by atoms with Crippen LogP contribution in [0, 0.1) is 0 Å². The molecule has 1 unspecified atom stereocenters. The lowest BCUT2D eigenvalue weighted by Gasteiger charge is -2.39. The highest BCUT2D eigenvalue weighted by molar-refractivity contribution is 7.13. The summed E-state index contributed by atoms with van der Waals surface area (Å²) in [5, 5.41) is 7.16. The van der Waals surface area contributed by atoms with Gasteiger partial charge in [-0.1, -0.05) is 19.3 Å². The summed E-state index contributed by atoms with van der Waals surface area (Å²) in [6, 6.07) is 3.66. The molecule has 2 aromatic heterocycles. The molecule has 4 rings (SSSR count). The third-order valence-corrected chi connectivity index (χ3v) is 7.19. The van der Waals surface area contributed by atoms with Crippen molar-refractivity contribution < 1.29 is 9.59 Å². The van der Waals surface area contributed by atoms with Crippen LogP contribution in [0.25, 0.3) is 11.1 Å². The van der Waals surface area contributed by atoms with Gasteiger partial charge < -0.3 is 10.2 Å². The molecule has 0 spiro atoms. The lowest BCUT2D eigenvalue weighted by molar-refractivity contribution is -0.128. The van der Waals surface area contributed by atoms with Crippen molar-refractivity contribution >= 4 is 34.5 Å². The largest absolute Gasteiger partial charge is 0.349 e. The second-order valence-electron chi connectivity index (χ2n) is 8.51. The Kier molecular flexibility index (Phi) is 4.89. The van der Waals surface area contributed by atoms with Gasteiger partial charge in [0.2, 0.25) is 5.91 Å². The fourth-order valence-electron chi connectivity index (χ4n) is 4.22. The van der Waals surface area contributed by atoms with E-state index < -0.39 is 6.04 Å². The van der Waals surface area contributed by atoms with Gasteiger partial charge in [0.15, 0.2) is 0 Å². The van der Waals surface area contributed by atoms with Crippen molar-refractivity contribution in [2.45, 2.75) is 70.5 Å². The summed E-state index contributed by atoms with van der Waals surface area (Å²) in [4.78, 5) is 30.7. The number of amides is 2. The van der Waals surface area contributed by atoms with Gasteiger partial charge in [-0.2, -0.15) is 0 Å². The van der Waals surface area contributed by atoms with Crippen LogP contribution in [0.2, 0.25) is 0 Å². The highest BCUT2D eigenvalue weighted by atomic mass is 32.1. The first-order valence-electron chi connectivity index (χ1n) is 9.67. The molecule has 0 saturated heterocycles. The lowest BCUT2D eigenvalue weighted by Crippen LogP contribution is -2.52. The Hall–Kier alpha value is -1.66. The number of rotatable bonds is 2. The molecular formula is C21H26N2O2S2. The third-order valence-electron chi connectivity index (χ3n) is 5.32. The first-order chi connectivity index (χ1) is 12.9. The highest BCUT2D eigenvalue weighted by Gasteiger charge is 2.43. The fraction of sp³-hybridized carbons (Fsp3) is 0.524. The molecule has 0 aromatic carbocycles. The van der Waals surface area contributed by atoms with E-state index >= 15 is 0 Å². The Morgan fingerprint density at radius 3 is 2.44 bits per heavy atom. The molecule has 27 heavy (non-hydrogen) atoms. The van der Waals surface area contributed by atoms with E-state index in [1.54, 1.807) is 11.3 Å². The standard InChI is InChI=1S/C21H26N2O2S2/c1-21(2,3)22-19(24)16-17-14(9-11-26-17)15-10-12-27-18(15)20(25)23(16)13-7-5-4-6-8-13/h9-13,16H,4-8H2,1-3H3,(H,22,24). The number of carbonyl (C=O) groups excluding carboxylic acids is 2. The molecular weight excluding hydrogens is 376 g/mol. The van der Waals surface area contributed by atoms with Gasteiger partial charge in [0.1, 0.15) is 6.04 Å². The fourth-order valence-corrected chi connectivity index (χ4v) is 6.08. The minimum absolute atomic E-state index is 0.0179. The van der Waals surface area contributed by atoms with E-state index in [0.717, 1.165) is 46.6 Å². The average Bonchev–Trinajstić information content (AvgIpc) is 3.25. The first-order valence-corrected chi connectivity index (χ1v) is 11.4. The zero-order valence-electron chi connectivity index (χ0n) is 16.1. The number of hydrogen-bond acceptors (Lipinski definition) is 4. The van der Waals surface area contributed by atoms with Crippen molar-refractivity contribution in [3.63, 3.8) is 0 Å². The summed E-state index contributed by atoms with van der Waals surface area (Å²) < 4.78 is 0. The van der Waals surface area contributed by atoms with E-state index in [4.69, 9.17) is 0 Å². The molecule has 2 amide bonds. The van der Waals surface area contributed by atoms with Gasteiger partial charge in [0, 0.05) is 22.0 Å². The summed E-state index contributed by atoms with van der Waals surface area (Å²) in [7, 11) is 0. The van der Waals surface area contributed by atoms with Gasteiger partial charge in [0.25, 0.3) is 5.91 Å². The maximum atomic E-state index is 13.6. The van der Waals surface area contributed by atoms with Crippen LogP contribution in [0.4, 0.5) is 0 Å². The molecule has 1 N–H and O–H groups in total. The van der Waals surface area contributed by atoms with Crippen LogP contribution in [0.3, 0.4) is 0 Å². The normalized spacial score (nSPS) is 20.8. The van der Waals surface area contributed by atoms with Crippen molar-refractivity contribution in [2.75, 3.05) is 0 Å². The second-order valence-corrected chi connectivity index (χ2v) is 10.4. The molecule has 1 atom stereocenters. The molecule has 1 saturated carbocycles. The van der Waals surface area contributed by atoms with Gasteiger partial charge in [-0.15, -0.1) is 22.7 Å². The maximum absolute atomic E-state index is 13.6. The van der Waals surface area contributed by atoms with Gasteiger partial charge >= 0.3 is 0 Å². The number of nitrogens with one attached hydrogen (secondary N) is 1. The van der Waals surface area contributed by atoms with Crippen LogP contribution in [-0.2, 0) is 4.79 Å². The summed E-state index contributed by atoms with van der Waals surface area (Å²) in [5.41, 5.74) is 1.68. The van der Waals surface area contributed by atoms with Crippen LogP contribution < -0.4 is 5.32 Å². The minimum Gasteiger partial charge on any atom is -0.349 e. The van der Waals surface area contributed by atoms with E-state index in [2.05, 4.69) is 11.4 Å². The van der Waals surface area contributed by atoms with Crippen molar-refractivity contribution in [3.8, 4) is 11.1 Å². The summed E-state index contributed by atoms with van der Waals surface area (Å²) >= 11 is 3.08. The number of carbonyl (C=O) groups is 2. The van der Waals surface area contributed by atoms with Crippen LogP contribution in [0.5, 0.6) is 0 Å². The number of hydrogen-bond donors (Lipinski definition) is 1. The van der Waals surface area contributed by atoms with Gasteiger partial charge in [-0.25, -0.2) is 0 Å². The summed E-state index contributed by atoms with van der Waals surface area (Å²) in [6.07, 6.45) is 5.41. The summed E-state index contributed by atoms with van der Waals surface area (Å²) in [5.74, 6) is -0.0513. The molecule has 6 heteroatoms. The average molecular weight is 403 g/mol. The van der Waals surface area contributed by atoms with E-state index in [-0.39, 0.29) is 23.4 Å². The van der Waals surface area contributed by atoms with Crippen LogP contribution in [0.1, 0.15) is 73.5 Å². The van der Waals surface area contributed by atoms with Crippen molar-refractivity contribution in [1.82, 2.24) is 10.2 Å². The molecule has 1 aliphatic carbocycles. The second kappa shape index (κ2) is 7.06. The topological polar surface area (TPSA) is 49.4 Å². The minimum atomic E-state index is -0.547. The Bertz CT molecular complexity index is 856. The number of nitrogens with zero attached hydrogens (tertiary/aromatic N) is 1. The van der Waals surface area contributed by atoms with Crippen LogP contribution in [0.15, 0.2) is 22.9 Å². The quantitative estimate of drug-likeness (QED) is 0.748. The molecule has 4 nitrogen and oxygen atoms in total. The Morgan fingerprint density at radius 1 is 1.07 bits per heavy atom. The van der Waals surface area contributed by atoms with Crippen molar-refractivity contribution in [2.24, 2.45) is 0 Å². The third kappa shape index (κ3) is 3.45. The Labute approximate surface area is 168 Å². The molecule has 0 radical (unpaired) electrons. The van der Waals surface area contributed by atoms with E-state index in [9.17, 15) is 9.59 Å².